The molecule has 0 aliphatic carbocycles. The van der Waals surface area contributed by atoms with Crippen molar-refractivity contribution >= 4 is 34.2 Å². The third-order valence-corrected chi connectivity index (χ3v) is 3.87. The van der Waals surface area contributed by atoms with E-state index in [0.29, 0.717) is 10.9 Å². The number of furan rings is 1. The zero-order valence-corrected chi connectivity index (χ0v) is 14.3. The van der Waals surface area contributed by atoms with E-state index in [0.717, 1.165) is 18.2 Å². The van der Waals surface area contributed by atoms with Crippen LogP contribution in [0.15, 0.2) is 40.8 Å². The largest absolute Gasteiger partial charge is 0.450 e. The van der Waals surface area contributed by atoms with E-state index in [-0.39, 0.29) is 11.3 Å². The second-order valence-corrected chi connectivity index (χ2v) is 5.72. The first-order valence-corrected chi connectivity index (χ1v) is 7.86. The molecule has 1 N–H and O–H groups in total. The predicted octanol–water partition coefficient (Wildman–Crippen LogP) is 3.72. The van der Waals surface area contributed by atoms with E-state index in [1.807, 2.05) is 0 Å². The topological polar surface area (TPSA) is 112 Å². The van der Waals surface area contributed by atoms with Crippen LogP contribution in [-0.4, -0.2) is 23.4 Å². The number of carbonyl (C=O) groups excluding carboxylic acids is 2. The number of nitro groups is 1. The molecule has 1 amide bonds. The minimum Gasteiger partial charge on any atom is -0.450 e. The number of para-hydroxylation sites is 1. The summed E-state index contributed by atoms with van der Waals surface area (Å²) in [5.74, 6) is -3.75. The summed E-state index contributed by atoms with van der Waals surface area (Å²) < 4.78 is 37.4. The number of halogens is 2. The maximum absolute atomic E-state index is 13.7. The van der Waals surface area contributed by atoms with Gasteiger partial charge in [0.2, 0.25) is 5.76 Å². The second kappa shape index (κ2) is 7.43. The monoisotopic (exact) mass is 390 g/mol. The first kappa shape index (κ1) is 19.0. The number of esters is 1. The Labute approximate surface area is 155 Å². The van der Waals surface area contributed by atoms with Crippen molar-refractivity contribution in [1.29, 1.82) is 0 Å². The normalized spacial score (nSPS) is 10.7. The molecule has 0 fully saturated rings. The molecule has 0 saturated heterocycles. The number of ether oxygens (including phenoxy) is 1. The Morgan fingerprint density at radius 3 is 2.64 bits per heavy atom. The number of aryl methyl sites for hydroxylation is 1. The van der Waals surface area contributed by atoms with Gasteiger partial charge in [0.15, 0.2) is 18.0 Å². The molecule has 0 unspecified atom stereocenters. The Morgan fingerprint density at radius 2 is 1.96 bits per heavy atom. The quantitative estimate of drug-likeness (QED) is 0.404. The van der Waals surface area contributed by atoms with Crippen LogP contribution in [0.25, 0.3) is 11.0 Å². The highest BCUT2D eigenvalue weighted by molar-refractivity contribution is 5.98. The summed E-state index contributed by atoms with van der Waals surface area (Å²) in [6.45, 7) is 0.723. The third kappa shape index (κ3) is 3.65. The molecule has 0 atom stereocenters. The smallest absolute Gasteiger partial charge is 0.375 e. The lowest BCUT2D eigenvalue weighted by molar-refractivity contribution is -0.384. The van der Waals surface area contributed by atoms with Crippen molar-refractivity contribution in [3.05, 3.63) is 69.5 Å². The van der Waals surface area contributed by atoms with E-state index >= 15 is 0 Å². The minimum atomic E-state index is -1.01. The second-order valence-electron chi connectivity index (χ2n) is 5.72. The Morgan fingerprint density at radius 1 is 1.21 bits per heavy atom. The molecule has 3 aromatic rings. The van der Waals surface area contributed by atoms with Gasteiger partial charge in [-0.2, -0.15) is 0 Å². The van der Waals surface area contributed by atoms with E-state index in [4.69, 9.17) is 9.15 Å². The average Bonchev–Trinajstić information content (AvgIpc) is 3.00. The molecular weight excluding hydrogens is 378 g/mol. The van der Waals surface area contributed by atoms with Gasteiger partial charge < -0.3 is 14.5 Å². The Hall–Kier alpha value is -3.82. The molecule has 0 radical (unpaired) electrons. The third-order valence-electron chi connectivity index (χ3n) is 3.87. The van der Waals surface area contributed by atoms with Crippen molar-refractivity contribution in [1.82, 2.24) is 0 Å². The van der Waals surface area contributed by atoms with Gasteiger partial charge in [0.05, 0.1) is 10.6 Å². The number of fused-ring (bicyclic) bond motifs is 1. The molecule has 0 aliphatic rings. The summed E-state index contributed by atoms with van der Waals surface area (Å²) in [5.41, 5.74) is -0.634. The number of hydrogen-bond acceptors (Lipinski definition) is 6. The van der Waals surface area contributed by atoms with E-state index in [1.54, 1.807) is 6.07 Å². The standard InChI is InChI=1S/C18H12F2N2O6/c1-9-11-3-2-4-13(20)17(11)28-16(9)18(24)27-8-15(23)21-14-7-10(22(25)26)5-6-12(14)19/h2-7H,8H2,1H3,(H,21,23). The van der Waals surface area contributed by atoms with Crippen LogP contribution in [0.1, 0.15) is 16.1 Å². The van der Waals surface area contributed by atoms with E-state index in [1.165, 1.54) is 19.1 Å². The summed E-state index contributed by atoms with van der Waals surface area (Å²) in [6.07, 6.45) is 0. The number of non-ortho nitro benzene ring substituents is 1. The number of rotatable bonds is 5. The van der Waals surface area contributed by atoms with Crippen LogP contribution in [0, 0.1) is 28.7 Å². The lowest BCUT2D eigenvalue weighted by atomic mass is 10.1. The number of benzene rings is 2. The fourth-order valence-electron chi connectivity index (χ4n) is 2.51. The van der Waals surface area contributed by atoms with Gasteiger partial charge in [0.25, 0.3) is 11.6 Å². The van der Waals surface area contributed by atoms with Crippen molar-refractivity contribution in [2.45, 2.75) is 6.92 Å². The molecule has 0 bridgehead atoms. The molecule has 8 nitrogen and oxygen atoms in total. The van der Waals surface area contributed by atoms with Gasteiger partial charge >= 0.3 is 5.97 Å². The summed E-state index contributed by atoms with van der Waals surface area (Å²) in [4.78, 5) is 34.0. The fraction of sp³-hybridized carbons (Fsp3) is 0.111. The Bertz CT molecular complexity index is 1110. The molecule has 3 rings (SSSR count). The highest BCUT2D eigenvalue weighted by atomic mass is 19.1. The van der Waals surface area contributed by atoms with Crippen LogP contribution in [0.4, 0.5) is 20.2 Å². The summed E-state index contributed by atoms with van der Waals surface area (Å²) in [6, 6.07) is 6.78. The molecule has 0 saturated carbocycles. The SMILES string of the molecule is Cc1c(C(=O)OCC(=O)Nc2cc([N+](=O)[O-])ccc2F)oc2c(F)cccc12. The molecule has 144 valence electrons. The van der Waals surface area contributed by atoms with Crippen molar-refractivity contribution in [3.63, 3.8) is 0 Å². The number of nitrogens with one attached hydrogen (secondary N) is 1. The van der Waals surface area contributed by atoms with Crippen LogP contribution in [0.3, 0.4) is 0 Å². The zero-order chi connectivity index (χ0) is 20.4. The number of nitrogens with zero attached hydrogens (tertiary/aromatic N) is 1. The highest BCUT2D eigenvalue weighted by Gasteiger charge is 2.22. The van der Waals surface area contributed by atoms with Gasteiger partial charge in [0, 0.05) is 23.1 Å². The number of amides is 1. The molecule has 2 aromatic carbocycles. The van der Waals surface area contributed by atoms with Crippen LogP contribution in [-0.2, 0) is 9.53 Å². The van der Waals surface area contributed by atoms with E-state index in [2.05, 4.69) is 5.32 Å². The summed E-state index contributed by atoms with van der Waals surface area (Å²) >= 11 is 0. The van der Waals surface area contributed by atoms with Gasteiger partial charge in [-0.3, -0.25) is 14.9 Å². The van der Waals surface area contributed by atoms with Crippen LogP contribution in [0.5, 0.6) is 0 Å². The van der Waals surface area contributed by atoms with Crippen molar-refractivity contribution in [2.24, 2.45) is 0 Å². The van der Waals surface area contributed by atoms with Gasteiger partial charge in [-0.1, -0.05) is 12.1 Å². The number of hydrogen-bond donors (Lipinski definition) is 1. The summed E-state index contributed by atoms with van der Waals surface area (Å²) in [7, 11) is 0. The van der Waals surface area contributed by atoms with Crippen LogP contribution in [0.2, 0.25) is 0 Å². The van der Waals surface area contributed by atoms with E-state index < -0.39 is 46.4 Å². The average molecular weight is 390 g/mol. The molecule has 0 aliphatic heterocycles. The molecule has 28 heavy (non-hydrogen) atoms. The fourth-order valence-corrected chi connectivity index (χ4v) is 2.51. The summed E-state index contributed by atoms with van der Waals surface area (Å²) in [5, 5.41) is 13.2. The molecule has 1 aromatic heterocycles. The van der Waals surface area contributed by atoms with Crippen molar-refractivity contribution in [3.8, 4) is 0 Å². The lowest BCUT2D eigenvalue weighted by Crippen LogP contribution is -2.21. The Balaban J connectivity index is 1.69. The first-order valence-electron chi connectivity index (χ1n) is 7.86. The first-order chi connectivity index (χ1) is 13.3. The van der Waals surface area contributed by atoms with Gasteiger partial charge in [-0.05, 0) is 19.1 Å². The molecule has 0 spiro atoms. The van der Waals surface area contributed by atoms with Gasteiger partial charge in [-0.25, -0.2) is 13.6 Å². The molecule has 10 heteroatoms. The number of carbonyl (C=O) groups is 2. The van der Waals surface area contributed by atoms with Crippen LogP contribution < -0.4 is 5.32 Å². The lowest BCUT2D eigenvalue weighted by Gasteiger charge is -2.07. The highest BCUT2D eigenvalue weighted by Crippen LogP contribution is 2.27. The van der Waals surface area contributed by atoms with Gasteiger partial charge in [0.1, 0.15) is 5.82 Å². The molecular formula is C18H12F2N2O6. The minimum absolute atomic E-state index is 0.116. The maximum Gasteiger partial charge on any atom is 0.375 e. The van der Waals surface area contributed by atoms with Crippen molar-refractivity contribution < 1.29 is 32.4 Å². The molecule has 1 heterocycles. The maximum atomic E-state index is 13.7. The zero-order valence-electron chi connectivity index (χ0n) is 14.3. The van der Waals surface area contributed by atoms with Gasteiger partial charge in [-0.15, -0.1) is 0 Å². The van der Waals surface area contributed by atoms with Crippen LogP contribution >= 0.6 is 0 Å². The Kier molecular flexibility index (Phi) is 5.03. The number of anilines is 1. The number of nitro benzene ring substituents is 1. The van der Waals surface area contributed by atoms with E-state index in [9.17, 15) is 28.5 Å². The predicted molar refractivity (Wildman–Crippen MR) is 92.9 cm³/mol. The van der Waals surface area contributed by atoms with Crippen molar-refractivity contribution in [2.75, 3.05) is 11.9 Å².